The molecule has 1 N–H and O–H groups in total. The number of rotatable bonds is 12. The van der Waals surface area contributed by atoms with Gasteiger partial charge in [0, 0.05) is 24.9 Å². The Morgan fingerprint density at radius 1 is 0.926 bits per heavy atom. The molecule has 1 aromatic rings. The lowest BCUT2D eigenvalue weighted by Crippen LogP contribution is -2.28. The third-order valence-electron chi connectivity index (χ3n) is 4.95. The number of hydrogen-bond donors (Lipinski definition) is 1. The number of imide groups is 1. The molecule has 1 aliphatic rings. The first-order valence-electron chi connectivity index (χ1n) is 10.4. The van der Waals surface area contributed by atoms with Gasteiger partial charge in [-0.3, -0.25) is 19.3 Å². The molecule has 1 aromatic carbocycles. The lowest BCUT2D eigenvalue weighted by molar-refractivity contribution is -0.121. The molecule has 5 nitrogen and oxygen atoms in total. The summed E-state index contributed by atoms with van der Waals surface area (Å²) in [7, 11) is 0. The zero-order valence-corrected chi connectivity index (χ0v) is 16.5. The average Bonchev–Trinajstić information content (AvgIpc) is 2.99. The van der Waals surface area contributed by atoms with Crippen LogP contribution in [0.15, 0.2) is 24.3 Å². The van der Waals surface area contributed by atoms with E-state index in [0.29, 0.717) is 17.8 Å². The topological polar surface area (TPSA) is 66.5 Å². The maximum atomic E-state index is 12.1. The van der Waals surface area contributed by atoms with Crippen LogP contribution in [0, 0.1) is 0 Å². The van der Waals surface area contributed by atoms with Gasteiger partial charge in [-0.2, -0.15) is 0 Å². The summed E-state index contributed by atoms with van der Waals surface area (Å²) in [6.45, 7) is 2.23. The highest BCUT2D eigenvalue weighted by atomic mass is 16.2. The monoisotopic (exact) mass is 372 g/mol. The molecule has 1 aliphatic heterocycles. The number of unbranched alkanes of at least 4 members (excludes halogenated alkanes) is 8. The van der Waals surface area contributed by atoms with Crippen molar-refractivity contribution >= 4 is 29.1 Å². The lowest BCUT2D eigenvalue weighted by atomic mass is 10.1. The molecule has 0 aromatic heterocycles. The van der Waals surface area contributed by atoms with Crippen molar-refractivity contribution in [2.24, 2.45) is 0 Å². The van der Waals surface area contributed by atoms with E-state index in [1.165, 1.54) is 49.8 Å². The van der Waals surface area contributed by atoms with Crippen LogP contribution in [-0.4, -0.2) is 17.7 Å². The summed E-state index contributed by atoms with van der Waals surface area (Å²) in [5.74, 6) is -0.384. The molecule has 27 heavy (non-hydrogen) atoms. The van der Waals surface area contributed by atoms with Gasteiger partial charge >= 0.3 is 0 Å². The van der Waals surface area contributed by atoms with E-state index >= 15 is 0 Å². The van der Waals surface area contributed by atoms with Crippen LogP contribution in [0.1, 0.15) is 84.0 Å². The molecule has 0 atom stereocenters. The molecule has 0 unspecified atom stereocenters. The Bertz CT molecular complexity index is 626. The quantitative estimate of drug-likeness (QED) is 0.405. The number of benzene rings is 1. The summed E-state index contributed by atoms with van der Waals surface area (Å²) < 4.78 is 0. The molecular formula is C22H32N2O3. The zero-order valence-electron chi connectivity index (χ0n) is 16.5. The molecule has 0 saturated carbocycles. The Hall–Kier alpha value is -2.17. The lowest BCUT2D eigenvalue weighted by Gasteiger charge is -2.15. The minimum atomic E-state index is -0.182. The van der Waals surface area contributed by atoms with E-state index in [9.17, 15) is 14.4 Å². The Labute approximate surface area is 162 Å². The number of nitrogens with one attached hydrogen (secondary N) is 1. The fraction of sp³-hybridized carbons (Fsp3) is 0.591. The molecule has 1 heterocycles. The van der Waals surface area contributed by atoms with Crippen molar-refractivity contribution < 1.29 is 14.4 Å². The molecule has 5 heteroatoms. The largest absolute Gasteiger partial charge is 0.326 e. The maximum absolute atomic E-state index is 12.1. The summed E-state index contributed by atoms with van der Waals surface area (Å²) >= 11 is 0. The first-order chi connectivity index (χ1) is 13.1. The highest BCUT2D eigenvalue weighted by Gasteiger charge is 2.30. The van der Waals surface area contributed by atoms with Crippen molar-refractivity contribution in [2.45, 2.75) is 84.0 Å². The SMILES string of the molecule is CCCCCCCCCCCC(=O)Nc1cccc(N2C(=O)CCC2=O)c1. The number of anilines is 2. The number of amides is 3. The molecular weight excluding hydrogens is 340 g/mol. The minimum Gasteiger partial charge on any atom is -0.326 e. The molecule has 0 aliphatic carbocycles. The fourth-order valence-corrected chi connectivity index (χ4v) is 3.41. The van der Waals surface area contributed by atoms with Crippen LogP contribution in [0.2, 0.25) is 0 Å². The average molecular weight is 373 g/mol. The van der Waals surface area contributed by atoms with Crippen molar-refractivity contribution in [1.29, 1.82) is 0 Å². The smallest absolute Gasteiger partial charge is 0.234 e. The van der Waals surface area contributed by atoms with Crippen molar-refractivity contribution in [3.05, 3.63) is 24.3 Å². The summed E-state index contributed by atoms with van der Waals surface area (Å²) in [6.07, 6.45) is 12.0. The first-order valence-corrected chi connectivity index (χ1v) is 10.4. The molecule has 3 amide bonds. The molecule has 0 spiro atoms. The van der Waals surface area contributed by atoms with Gasteiger partial charge in [-0.15, -0.1) is 0 Å². The van der Waals surface area contributed by atoms with E-state index in [0.717, 1.165) is 12.8 Å². The second-order valence-electron chi connectivity index (χ2n) is 7.30. The van der Waals surface area contributed by atoms with Gasteiger partial charge in [0.05, 0.1) is 5.69 Å². The van der Waals surface area contributed by atoms with Crippen LogP contribution in [0.25, 0.3) is 0 Å². The predicted octanol–water partition coefficient (Wildman–Crippen LogP) is 5.20. The van der Waals surface area contributed by atoms with E-state index in [-0.39, 0.29) is 30.6 Å². The normalized spacial score (nSPS) is 14.0. The van der Waals surface area contributed by atoms with Crippen LogP contribution in [0.3, 0.4) is 0 Å². The van der Waals surface area contributed by atoms with Crippen molar-refractivity contribution in [1.82, 2.24) is 0 Å². The second kappa shape index (κ2) is 11.5. The number of hydrogen-bond acceptors (Lipinski definition) is 3. The highest BCUT2D eigenvalue weighted by Crippen LogP contribution is 2.25. The third-order valence-corrected chi connectivity index (χ3v) is 4.95. The van der Waals surface area contributed by atoms with Crippen molar-refractivity contribution in [2.75, 3.05) is 10.2 Å². The second-order valence-corrected chi connectivity index (χ2v) is 7.30. The molecule has 1 saturated heterocycles. The molecule has 148 valence electrons. The van der Waals surface area contributed by atoms with Gasteiger partial charge in [0.1, 0.15) is 0 Å². The Morgan fingerprint density at radius 3 is 2.15 bits per heavy atom. The maximum Gasteiger partial charge on any atom is 0.234 e. The third kappa shape index (κ3) is 7.16. The molecule has 0 bridgehead atoms. The number of carbonyl (C=O) groups is 3. The van der Waals surface area contributed by atoms with E-state index in [4.69, 9.17) is 0 Å². The van der Waals surface area contributed by atoms with Crippen LogP contribution in [0.4, 0.5) is 11.4 Å². The van der Waals surface area contributed by atoms with Gasteiger partial charge in [-0.05, 0) is 24.6 Å². The zero-order chi connectivity index (χ0) is 19.5. The summed E-state index contributed by atoms with van der Waals surface area (Å²) in [6, 6.07) is 6.94. The summed E-state index contributed by atoms with van der Waals surface area (Å²) in [4.78, 5) is 37.0. The molecule has 1 fully saturated rings. The standard InChI is InChI=1S/C22H32N2O3/c1-2-3-4-5-6-7-8-9-10-14-20(25)23-18-12-11-13-19(17-18)24-21(26)15-16-22(24)27/h11-13,17H,2-10,14-16H2,1H3,(H,23,25). The van der Waals surface area contributed by atoms with E-state index in [2.05, 4.69) is 12.2 Å². The van der Waals surface area contributed by atoms with Gasteiger partial charge < -0.3 is 5.32 Å². The van der Waals surface area contributed by atoms with Gasteiger partial charge in [-0.25, -0.2) is 0 Å². The summed E-state index contributed by atoms with van der Waals surface area (Å²) in [5.41, 5.74) is 1.16. The predicted molar refractivity (Wildman–Crippen MR) is 109 cm³/mol. The van der Waals surface area contributed by atoms with E-state index < -0.39 is 0 Å². The highest BCUT2D eigenvalue weighted by molar-refractivity contribution is 6.20. The number of carbonyl (C=O) groups excluding carboxylic acids is 3. The van der Waals surface area contributed by atoms with Crippen LogP contribution in [0.5, 0.6) is 0 Å². The van der Waals surface area contributed by atoms with Crippen molar-refractivity contribution in [3.63, 3.8) is 0 Å². The molecule has 0 radical (unpaired) electrons. The Kier molecular flexibility index (Phi) is 9.02. The van der Waals surface area contributed by atoms with E-state index in [1.807, 2.05) is 0 Å². The number of nitrogens with zero attached hydrogens (tertiary/aromatic N) is 1. The van der Waals surface area contributed by atoms with Gasteiger partial charge in [-0.1, -0.05) is 64.4 Å². The summed E-state index contributed by atoms with van der Waals surface area (Å²) in [5, 5.41) is 2.87. The van der Waals surface area contributed by atoms with Gasteiger partial charge in [0.2, 0.25) is 17.7 Å². The van der Waals surface area contributed by atoms with Crippen molar-refractivity contribution in [3.8, 4) is 0 Å². The van der Waals surface area contributed by atoms with Crippen LogP contribution < -0.4 is 10.2 Å². The Morgan fingerprint density at radius 2 is 1.52 bits per heavy atom. The fourth-order valence-electron chi connectivity index (χ4n) is 3.41. The minimum absolute atomic E-state index is 0.0193. The van der Waals surface area contributed by atoms with E-state index in [1.54, 1.807) is 24.3 Å². The molecule has 2 rings (SSSR count). The van der Waals surface area contributed by atoms with Crippen LogP contribution >= 0.6 is 0 Å². The van der Waals surface area contributed by atoms with Gasteiger partial charge in [0.15, 0.2) is 0 Å². The van der Waals surface area contributed by atoms with Crippen LogP contribution in [-0.2, 0) is 14.4 Å². The Balaban J connectivity index is 1.67. The first kappa shape index (κ1) is 21.1. The van der Waals surface area contributed by atoms with Gasteiger partial charge in [0.25, 0.3) is 0 Å².